The lowest BCUT2D eigenvalue weighted by atomic mass is 10.1. The Bertz CT molecular complexity index is 1350. The summed E-state index contributed by atoms with van der Waals surface area (Å²) in [5.41, 5.74) is 1.45. The minimum atomic E-state index is -4.16. The van der Waals surface area contributed by atoms with E-state index in [1.807, 2.05) is 0 Å². The standard InChI is InChI=1S/C18H15N6O6PS/c1-11-21-17(23-28-11)14-9-32-18(22-14)16(25)13-8-24(15-7-5-4-6-12(13)15)10-27-31(26,29-19-2)30-20-3/h4-9H,2-3,10H2,1H3. The highest BCUT2D eigenvalue weighted by Gasteiger charge is 2.31. The van der Waals surface area contributed by atoms with Crippen LogP contribution < -0.4 is 0 Å². The van der Waals surface area contributed by atoms with Gasteiger partial charge in [-0.3, -0.25) is 14.0 Å². The van der Waals surface area contributed by atoms with Crippen LogP contribution in [0.5, 0.6) is 0 Å². The fourth-order valence-corrected chi connectivity index (χ4v) is 4.29. The predicted octanol–water partition coefficient (Wildman–Crippen LogP) is 4.03. The molecule has 0 unspecified atom stereocenters. The number of oxime groups is 2. The normalized spacial score (nSPS) is 11.4. The van der Waals surface area contributed by atoms with Gasteiger partial charge in [-0.2, -0.15) is 4.98 Å². The van der Waals surface area contributed by atoms with Gasteiger partial charge >= 0.3 is 7.82 Å². The predicted molar refractivity (Wildman–Crippen MR) is 115 cm³/mol. The quantitative estimate of drug-likeness (QED) is 0.144. The zero-order valence-electron chi connectivity index (χ0n) is 16.6. The molecule has 0 bridgehead atoms. The van der Waals surface area contributed by atoms with Crippen LogP contribution in [0, 0.1) is 6.92 Å². The first-order valence-corrected chi connectivity index (χ1v) is 11.2. The molecule has 0 aliphatic rings. The van der Waals surface area contributed by atoms with Gasteiger partial charge in [0.15, 0.2) is 5.01 Å². The topological polar surface area (TPSA) is 143 Å². The number of thiazole rings is 1. The Morgan fingerprint density at radius 1 is 1.25 bits per heavy atom. The zero-order valence-corrected chi connectivity index (χ0v) is 18.3. The number of hydrogen-bond donors (Lipinski definition) is 0. The van der Waals surface area contributed by atoms with Crippen molar-refractivity contribution in [1.29, 1.82) is 0 Å². The summed E-state index contributed by atoms with van der Waals surface area (Å²) in [7, 11) is -4.16. The molecular formula is C18H15N6O6PS. The third kappa shape index (κ3) is 4.21. The molecule has 0 aliphatic heterocycles. The molecule has 0 saturated carbocycles. The lowest BCUT2D eigenvalue weighted by molar-refractivity contribution is 0.0967. The van der Waals surface area contributed by atoms with Crippen LogP contribution in [0.1, 0.15) is 21.3 Å². The van der Waals surface area contributed by atoms with Crippen LogP contribution in [0.2, 0.25) is 0 Å². The summed E-state index contributed by atoms with van der Waals surface area (Å²) in [6.45, 7) is 7.53. The molecule has 0 N–H and O–H groups in total. The summed E-state index contributed by atoms with van der Waals surface area (Å²) in [6, 6.07) is 7.13. The summed E-state index contributed by atoms with van der Waals surface area (Å²) in [5.74, 6) is 0.385. The van der Waals surface area contributed by atoms with Crippen molar-refractivity contribution in [3.63, 3.8) is 0 Å². The van der Waals surface area contributed by atoms with Gasteiger partial charge in [0.1, 0.15) is 12.4 Å². The average Bonchev–Trinajstić information content (AvgIpc) is 3.51. The van der Waals surface area contributed by atoms with Gasteiger partial charge in [-0.15, -0.1) is 11.3 Å². The Hall–Kier alpha value is -3.67. The molecule has 0 spiro atoms. The fourth-order valence-electron chi connectivity index (χ4n) is 2.87. The van der Waals surface area contributed by atoms with E-state index >= 15 is 0 Å². The molecule has 0 aliphatic carbocycles. The minimum absolute atomic E-state index is 0.246. The molecule has 32 heavy (non-hydrogen) atoms. The van der Waals surface area contributed by atoms with E-state index in [0.717, 1.165) is 11.3 Å². The first-order chi connectivity index (χ1) is 15.4. The Balaban J connectivity index is 1.65. The minimum Gasteiger partial charge on any atom is -0.339 e. The molecule has 164 valence electrons. The molecule has 3 heterocycles. The van der Waals surface area contributed by atoms with E-state index in [-0.39, 0.29) is 17.5 Å². The lowest BCUT2D eigenvalue weighted by Crippen LogP contribution is -2.03. The van der Waals surface area contributed by atoms with E-state index in [1.54, 1.807) is 47.3 Å². The molecule has 0 atom stereocenters. The van der Waals surface area contributed by atoms with Gasteiger partial charge in [0.2, 0.25) is 17.5 Å². The second-order valence-electron chi connectivity index (χ2n) is 6.16. The zero-order chi connectivity index (χ0) is 22.7. The van der Waals surface area contributed by atoms with E-state index in [9.17, 15) is 9.36 Å². The van der Waals surface area contributed by atoms with E-state index in [2.05, 4.69) is 48.1 Å². The number of phosphoric acid groups is 1. The van der Waals surface area contributed by atoms with Gasteiger partial charge < -0.3 is 9.09 Å². The highest BCUT2D eigenvalue weighted by Crippen LogP contribution is 2.50. The van der Waals surface area contributed by atoms with Crippen molar-refractivity contribution in [2.45, 2.75) is 13.7 Å². The Morgan fingerprint density at radius 2 is 2.00 bits per heavy atom. The highest BCUT2D eigenvalue weighted by molar-refractivity contribution is 7.48. The highest BCUT2D eigenvalue weighted by atomic mass is 32.1. The van der Waals surface area contributed by atoms with Crippen molar-refractivity contribution in [3.8, 4) is 11.5 Å². The van der Waals surface area contributed by atoms with Gasteiger partial charge in [0, 0.05) is 37.3 Å². The second kappa shape index (κ2) is 8.83. The summed E-state index contributed by atoms with van der Waals surface area (Å²) < 4.78 is 33.2. The van der Waals surface area contributed by atoms with E-state index in [1.165, 1.54) is 0 Å². The van der Waals surface area contributed by atoms with Gasteiger partial charge in [0.05, 0.1) is 11.1 Å². The SMILES string of the molecule is C=NOP(=O)(OCn1cc(C(=O)c2nc(-c3noc(C)n3)cs2)c2ccccc21)ON=C. The number of carbonyl (C=O) groups excluding carboxylic acids is 1. The van der Waals surface area contributed by atoms with E-state index in [4.69, 9.17) is 9.05 Å². The maximum atomic E-state index is 13.2. The molecular weight excluding hydrogens is 459 g/mol. The molecule has 1 aromatic carbocycles. The van der Waals surface area contributed by atoms with E-state index in [0.29, 0.717) is 33.9 Å². The van der Waals surface area contributed by atoms with Crippen molar-refractivity contribution in [2.24, 2.45) is 10.3 Å². The van der Waals surface area contributed by atoms with Gasteiger partial charge in [-0.25, -0.2) is 14.1 Å². The number of ketones is 1. The summed E-state index contributed by atoms with van der Waals surface area (Å²) in [4.78, 5) is 21.7. The monoisotopic (exact) mass is 474 g/mol. The Morgan fingerprint density at radius 3 is 2.69 bits per heavy atom. The van der Waals surface area contributed by atoms with Crippen molar-refractivity contribution >= 4 is 49.3 Å². The number of rotatable bonds is 10. The van der Waals surface area contributed by atoms with Crippen LogP contribution in [-0.4, -0.2) is 38.9 Å². The number of para-hydroxylation sites is 1. The maximum absolute atomic E-state index is 13.2. The largest absolute Gasteiger partial charge is 0.631 e. The third-order valence-electron chi connectivity index (χ3n) is 4.16. The lowest BCUT2D eigenvalue weighted by Gasteiger charge is -2.12. The molecule has 0 fully saturated rings. The van der Waals surface area contributed by atoms with Crippen LogP contribution >= 0.6 is 19.2 Å². The summed E-state index contributed by atoms with van der Waals surface area (Å²) in [6.07, 6.45) is 1.56. The molecule has 0 radical (unpaired) electrons. The van der Waals surface area contributed by atoms with Crippen molar-refractivity contribution in [2.75, 3.05) is 0 Å². The second-order valence-corrected chi connectivity index (χ2v) is 8.50. The number of hydrogen-bond acceptors (Lipinski definition) is 12. The number of fused-ring (bicyclic) bond motifs is 1. The molecule has 3 aromatic heterocycles. The van der Waals surface area contributed by atoms with Crippen LogP contribution in [0.25, 0.3) is 22.4 Å². The first-order valence-electron chi connectivity index (χ1n) is 8.87. The number of aromatic nitrogens is 4. The van der Waals surface area contributed by atoms with Crippen LogP contribution in [0.3, 0.4) is 0 Å². The average molecular weight is 474 g/mol. The smallest absolute Gasteiger partial charge is 0.339 e. The molecule has 0 amide bonds. The summed E-state index contributed by atoms with van der Waals surface area (Å²) >= 11 is 1.16. The number of aryl methyl sites for hydroxylation is 1. The van der Waals surface area contributed by atoms with Crippen molar-refractivity contribution in [3.05, 3.63) is 52.3 Å². The van der Waals surface area contributed by atoms with Gasteiger partial charge in [0.25, 0.3) is 0 Å². The van der Waals surface area contributed by atoms with E-state index < -0.39 is 7.82 Å². The van der Waals surface area contributed by atoms with Crippen molar-refractivity contribution in [1.82, 2.24) is 19.7 Å². The summed E-state index contributed by atoms with van der Waals surface area (Å²) in [5, 5.41) is 12.5. The third-order valence-corrected chi connectivity index (χ3v) is 6.06. The maximum Gasteiger partial charge on any atom is 0.631 e. The number of carbonyl (C=O) groups is 1. The van der Waals surface area contributed by atoms with Crippen LogP contribution in [0.15, 0.2) is 50.7 Å². The van der Waals surface area contributed by atoms with Crippen molar-refractivity contribution < 1.29 is 27.7 Å². The van der Waals surface area contributed by atoms with Crippen LogP contribution in [-0.2, 0) is 25.1 Å². The van der Waals surface area contributed by atoms with Crippen LogP contribution in [0.4, 0.5) is 0 Å². The molecule has 4 rings (SSSR count). The first kappa shape index (κ1) is 21.6. The molecule has 12 nitrogen and oxygen atoms in total. The number of benzene rings is 1. The van der Waals surface area contributed by atoms with Gasteiger partial charge in [-0.05, 0) is 6.07 Å². The fraction of sp³-hybridized carbons (Fsp3) is 0.111. The molecule has 14 heteroatoms. The Labute approximate surface area is 184 Å². The van der Waals surface area contributed by atoms with Gasteiger partial charge in [-0.1, -0.05) is 33.7 Å². The molecule has 4 aromatic rings. The number of nitrogens with zero attached hydrogens (tertiary/aromatic N) is 6. The molecule has 0 saturated heterocycles. The Kier molecular flexibility index (Phi) is 5.95.